The van der Waals surface area contributed by atoms with Gasteiger partial charge in [-0.1, -0.05) is 19.3 Å². The maximum Gasteiger partial charge on any atom is 0.410 e. The van der Waals surface area contributed by atoms with Gasteiger partial charge in [0.25, 0.3) is 0 Å². The third kappa shape index (κ3) is 5.98. The third-order valence-corrected chi connectivity index (χ3v) is 4.64. The zero-order valence-electron chi connectivity index (χ0n) is 15.6. The largest absolute Gasteiger partial charge is 0.444 e. The van der Waals surface area contributed by atoms with Crippen LogP contribution in [0.2, 0.25) is 0 Å². The number of hydrogen-bond donors (Lipinski definition) is 0. The van der Waals surface area contributed by atoms with Crippen molar-refractivity contribution in [2.75, 3.05) is 6.54 Å². The van der Waals surface area contributed by atoms with Crippen LogP contribution >= 0.6 is 0 Å². The standard InChI is InChI=1S/C20H29F2NO2/c1-14(16-10-17(21)12-18(22)11-16)23(19(24)25-20(2,3)4)13-15-8-6-5-7-9-15/h10-12,14-15H,5-9,13H2,1-4H3. The van der Waals surface area contributed by atoms with Crippen molar-refractivity contribution in [3.63, 3.8) is 0 Å². The van der Waals surface area contributed by atoms with Crippen LogP contribution in [0.1, 0.15) is 71.4 Å². The molecule has 0 saturated heterocycles. The summed E-state index contributed by atoms with van der Waals surface area (Å²) in [7, 11) is 0. The fourth-order valence-electron chi connectivity index (χ4n) is 3.36. The number of halogens is 2. The van der Waals surface area contributed by atoms with Crippen molar-refractivity contribution in [1.29, 1.82) is 0 Å². The predicted molar refractivity (Wildman–Crippen MR) is 94.3 cm³/mol. The van der Waals surface area contributed by atoms with Crippen LogP contribution in [-0.2, 0) is 4.74 Å². The van der Waals surface area contributed by atoms with Crippen LogP contribution < -0.4 is 0 Å². The average molecular weight is 353 g/mol. The first kappa shape index (κ1) is 19.7. The molecule has 1 saturated carbocycles. The van der Waals surface area contributed by atoms with E-state index in [1.165, 1.54) is 18.6 Å². The molecule has 3 nitrogen and oxygen atoms in total. The molecular formula is C20H29F2NO2. The van der Waals surface area contributed by atoms with Gasteiger partial charge in [-0.2, -0.15) is 0 Å². The van der Waals surface area contributed by atoms with Crippen LogP contribution in [0.15, 0.2) is 18.2 Å². The van der Waals surface area contributed by atoms with Gasteiger partial charge in [-0.05, 0) is 64.2 Å². The Morgan fingerprint density at radius 2 is 1.72 bits per heavy atom. The highest BCUT2D eigenvalue weighted by atomic mass is 19.1. The van der Waals surface area contributed by atoms with Gasteiger partial charge in [-0.3, -0.25) is 0 Å². The van der Waals surface area contributed by atoms with E-state index in [1.54, 1.807) is 11.8 Å². The maximum absolute atomic E-state index is 13.6. The minimum Gasteiger partial charge on any atom is -0.444 e. The summed E-state index contributed by atoms with van der Waals surface area (Å²) in [5.74, 6) is -0.866. The van der Waals surface area contributed by atoms with Gasteiger partial charge in [0.2, 0.25) is 0 Å². The topological polar surface area (TPSA) is 29.5 Å². The number of carbonyl (C=O) groups excluding carboxylic acids is 1. The van der Waals surface area contributed by atoms with E-state index in [9.17, 15) is 13.6 Å². The zero-order chi connectivity index (χ0) is 18.6. The Balaban J connectivity index is 2.23. The number of hydrogen-bond acceptors (Lipinski definition) is 2. The minimum absolute atomic E-state index is 0.405. The highest BCUT2D eigenvalue weighted by molar-refractivity contribution is 5.69. The van der Waals surface area contributed by atoms with E-state index in [4.69, 9.17) is 4.74 Å². The average Bonchev–Trinajstić information content (AvgIpc) is 2.50. The molecule has 1 atom stereocenters. The maximum atomic E-state index is 13.6. The van der Waals surface area contributed by atoms with Crippen molar-refractivity contribution >= 4 is 6.09 Å². The smallest absolute Gasteiger partial charge is 0.410 e. The van der Waals surface area contributed by atoms with Crippen molar-refractivity contribution in [3.8, 4) is 0 Å². The van der Waals surface area contributed by atoms with Gasteiger partial charge in [-0.15, -0.1) is 0 Å². The van der Waals surface area contributed by atoms with Gasteiger partial charge in [-0.25, -0.2) is 13.6 Å². The zero-order valence-corrected chi connectivity index (χ0v) is 15.6. The molecule has 1 aromatic rings. The van der Waals surface area contributed by atoms with Gasteiger partial charge in [0.1, 0.15) is 17.2 Å². The molecule has 2 rings (SSSR count). The molecule has 1 unspecified atom stereocenters. The Morgan fingerprint density at radius 3 is 2.24 bits per heavy atom. The number of ether oxygens (including phenoxy) is 1. The van der Waals surface area contributed by atoms with E-state index in [0.29, 0.717) is 18.0 Å². The molecule has 0 aliphatic heterocycles. The first-order chi connectivity index (χ1) is 11.7. The van der Waals surface area contributed by atoms with Crippen LogP contribution in [0, 0.1) is 17.6 Å². The summed E-state index contributed by atoms with van der Waals surface area (Å²) in [6, 6.07) is 2.95. The van der Waals surface area contributed by atoms with E-state index < -0.39 is 29.4 Å². The van der Waals surface area contributed by atoms with E-state index in [1.807, 2.05) is 20.8 Å². The molecule has 0 spiro atoms. The van der Waals surface area contributed by atoms with Gasteiger partial charge in [0.05, 0.1) is 6.04 Å². The van der Waals surface area contributed by atoms with Crippen LogP contribution in [0.25, 0.3) is 0 Å². The number of benzene rings is 1. The molecule has 0 N–H and O–H groups in total. The fraction of sp³-hybridized carbons (Fsp3) is 0.650. The quantitative estimate of drug-likeness (QED) is 0.680. The molecule has 1 aliphatic carbocycles. The molecule has 1 aliphatic rings. The van der Waals surface area contributed by atoms with Gasteiger partial charge in [0, 0.05) is 12.6 Å². The molecule has 1 aromatic carbocycles. The van der Waals surface area contributed by atoms with Gasteiger partial charge < -0.3 is 9.64 Å². The second kappa shape index (κ2) is 8.15. The lowest BCUT2D eigenvalue weighted by atomic mass is 9.88. The van der Waals surface area contributed by atoms with Crippen molar-refractivity contribution in [2.45, 2.75) is 71.4 Å². The normalized spacial score (nSPS) is 17.2. The summed E-state index contributed by atoms with van der Waals surface area (Å²) in [6.45, 7) is 7.79. The minimum atomic E-state index is -0.636. The SMILES string of the molecule is CC(c1cc(F)cc(F)c1)N(CC1CCCCC1)C(=O)OC(C)(C)C. The lowest BCUT2D eigenvalue weighted by molar-refractivity contribution is 0.0122. The highest BCUT2D eigenvalue weighted by Gasteiger charge is 2.30. The number of nitrogens with zero attached hydrogens (tertiary/aromatic N) is 1. The summed E-state index contributed by atoms with van der Waals surface area (Å²) in [4.78, 5) is 14.4. The Hall–Kier alpha value is -1.65. The molecule has 0 bridgehead atoms. The van der Waals surface area contributed by atoms with Gasteiger partial charge in [0.15, 0.2) is 0 Å². The molecule has 0 heterocycles. The predicted octanol–water partition coefficient (Wildman–Crippen LogP) is 5.84. The monoisotopic (exact) mass is 353 g/mol. The van der Waals surface area contributed by atoms with Crippen LogP contribution in [0.4, 0.5) is 13.6 Å². The van der Waals surface area contributed by atoms with Crippen molar-refractivity contribution in [1.82, 2.24) is 4.90 Å². The molecule has 1 fully saturated rings. The Morgan fingerprint density at radius 1 is 1.16 bits per heavy atom. The Kier molecular flexibility index (Phi) is 6.42. The fourth-order valence-corrected chi connectivity index (χ4v) is 3.36. The number of rotatable bonds is 4. The second-order valence-corrected chi connectivity index (χ2v) is 8.02. The summed E-state index contributed by atoms with van der Waals surface area (Å²) < 4.78 is 32.8. The lowest BCUT2D eigenvalue weighted by Gasteiger charge is -2.35. The van der Waals surface area contributed by atoms with Crippen LogP contribution in [0.5, 0.6) is 0 Å². The first-order valence-corrected chi connectivity index (χ1v) is 9.11. The molecule has 140 valence electrons. The Bertz CT molecular complexity index is 572. The highest BCUT2D eigenvalue weighted by Crippen LogP contribution is 2.30. The summed E-state index contributed by atoms with van der Waals surface area (Å²) in [5, 5.41) is 0. The molecule has 25 heavy (non-hydrogen) atoms. The summed E-state index contributed by atoms with van der Waals surface area (Å²) in [6.07, 6.45) is 5.27. The second-order valence-electron chi connectivity index (χ2n) is 8.02. The number of carbonyl (C=O) groups is 1. The molecule has 1 amide bonds. The summed E-state index contributed by atoms with van der Waals surface area (Å²) in [5.41, 5.74) is -0.173. The van der Waals surface area contributed by atoms with E-state index in [-0.39, 0.29) is 0 Å². The van der Waals surface area contributed by atoms with Crippen molar-refractivity contribution in [2.24, 2.45) is 5.92 Å². The molecule has 5 heteroatoms. The summed E-state index contributed by atoms with van der Waals surface area (Å²) >= 11 is 0. The van der Waals surface area contributed by atoms with Gasteiger partial charge >= 0.3 is 6.09 Å². The molecule has 0 radical (unpaired) electrons. The molecule has 0 aromatic heterocycles. The number of amides is 1. The third-order valence-electron chi connectivity index (χ3n) is 4.64. The van der Waals surface area contributed by atoms with Crippen LogP contribution in [0.3, 0.4) is 0 Å². The van der Waals surface area contributed by atoms with Crippen molar-refractivity contribution in [3.05, 3.63) is 35.4 Å². The van der Waals surface area contributed by atoms with Crippen LogP contribution in [-0.4, -0.2) is 23.1 Å². The van der Waals surface area contributed by atoms with E-state index >= 15 is 0 Å². The molecular weight excluding hydrogens is 324 g/mol. The van der Waals surface area contributed by atoms with E-state index in [0.717, 1.165) is 31.7 Å². The van der Waals surface area contributed by atoms with Crippen molar-refractivity contribution < 1.29 is 18.3 Å². The lowest BCUT2D eigenvalue weighted by Crippen LogP contribution is -2.41. The van der Waals surface area contributed by atoms with E-state index in [2.05, 4.69) is 0 Å². The Labute approximate surface area is 149 Å². The first-order valence-electron chi connectivity index (χ1n) is 9.11.